The van der Waals surface area contributed by atoms with Crippen LogP contribution in [0.2, 0.25) is 0 Å². The van der Waals surface area contributed by atoms with Crippen molar-refractivity contribution < 1.29 is 14.0 Å². The molecule has 2 aromatic heterocycles. The first-order valence-corrected chi connectivity index (χ1v) is 9.77. The molecule has 0 N–H and O–H groups in total. The standard InChI is InChI=1S/C20H30BN3O3/c1-13-11-24(8-9-25-13)16-10-22-18-17(14(16)2)15(12-23(18)7)21-26-19(3,4)20(5,6)27-21/h10,12-13H,8-9,11H2,1-7H3. The van der Waals surface area contributed by atoms with E-state index in [0.29, 0.717) is 0 Å². The van der Waals surface area contributed by atoms with Crippen LogP contribution in [0.25, 0.3) is 11.0 Å². The number of aryl methyl sites for hydroxylation is 2. The molecule has 4 rings (SSSR count). The second kappa shape index (κ2) is 6.22. The molecule has 4 heterocycles. The molecule has 146 valence electrons. The lowest BCUT2D eigenvalue weighted by Gasteiger charge is -2.33. The van der Waals surface area contributed by atoms with Gasteiger partial charge in [0.05, 0.1) is 35.8 Å². The molecule has 2 aliphatic heterocycles. The van der Waals surface area contributed by atoms with Gasteiger partial charge in [0.15, 0.2) is 0 Å². The number of nitrogens with zero attached hydrogens (tertiary/aromatic N) is 3. The first kappa shape index (κ1) is 18.8. The van der Waals surface area contributed by atoms with Crippen molar-refractivity contribution in [1.29, 1.82) is 0 Å². The number of anilines is 1. The number of hydrogen-bond donors (Lipinski definition) is 0. The smallest absolute Gasteiger partial charge is 0.399 e. The minimum absolute atomic E-state index is 0.229. The van der Waals surface area contributed by atoms with E-state index in [1.165, 1.54) is 11.3 Å². The van der Waals surface area contributed by atoms with Crippen molar-refractivity contribution >= 4 is 29.3 Å². The maximum atomic E-state index is 6.33. The number of ether oxygens (including phenoxy) is 1. The van der Waals surface area contributed by atoms with E-state index >= 15 is 0 Å². The zero-order chi connectivity index (χ0) is 19.6. The van der Waals surface area contributed by atoms with Gasteiger partial charge in [0.1, 0.15) is 5.65 Å². The van der Waals surface area contributed by atoms with Gasteiger partial charge < -0.3 is 23.5 Å². The number of rotatable bonds is 2. The Hall–Kier alpha value is -1.57. The van der Waals surface area contributed by atoms with Crippen LogP contribution in [0.3, 0.4) is 0 Å². The van der Waals surface area contributed by atoms with Crippen LogP contribution < -0.4 is 10.4 Å². The van der Waals surface area contributed by atoms with Gasteiger partial charge in [-0.2, -0.15) is 0 Å². The SMILES string of the molecule is Cc1c(N2CCOC(C)C2)cnc2c1c(B1OC(C)(C)C(C)(C)O1)cn2C. The van der Waals surface area contributed by atoms with Gasteiger partial charge in [0, 0.05) is 37.2 Å². The molecule has 6 nitrogen and oxygen atoms in total. The topological polar surface area (TPSA) is 48.8 Å². The highest BCUT2D eigenvalue weighted by atomic mass is 16.7. The van der Waals surface area contributed by atoms with E-state index in [1.54, 1.807) is 0 Å². The summed E-state index contributed by atoms with van der Waals surface area (Å²) >= 11 is 0. The monoisotopic (exact) mass is 371 g/mol. The fraction of sp³-hybridized carbons (Fsp3) is 0.650. The Labute approximate surface area is 161 Å². The minimum atomic E-state index is -0.391. The maximum absolute atomic E-state index is 6.33. The van der Waals surface area contributed by atoms with Crippen molar-refractivity contribution in [2.75, 3.05) is 24.6 Å². The average Bonchev–Trinajstić information content (AvgIpc) is 3.02. The van der Waals surface area contributed by atoms with Crippen LogP contribution in [-0.2, 0) is 21.1 Å². The van der Waals surface area contributed by atoms with Crippen molar-refractivity contribution in [3.8, 4) is 0 Å². The van der Waals surface area contributed by atoms with Gasteiger partial charge in [-0.15, -0.1) is 0 Å². The highest BCUT2D eigenvalue weighted by Gasteiger charge is 2.52. The molecule has 1 unspecified atom stereocenters. The van der Waals surface area contributed by atoms with Crippen LogP contribution in [0.5, 0.6) is 0 Å². The molecule has 0 aliphatic carbocycles. The Morgan fingerprint density at radius 1 is 1.19 bits per heavy atom. The number of hydrogen-bond acceptors (Lipinski definition) is 5. The van der Waals surface area contributed by atoms with Crippen LogP contribution in [0, 0.1) is 6.92 Å². The molecule has 2 fully saturated rings. The third-order valence-corrected chi connectivity index (χ3v) is 6.34. The highest BCUT2D eigenvalue weighted by molar-refractivity contribution is 6.65. The van der Waals surface area contributed by atoms with Crippen molar-refractivity contribution in [2.24, 2.45) is 7.05 Å². The summed E-state index contributed by atoms with van der Waals surface area (Å²) in [6, 6.07) is 0. The predicted octanol–water partition coefficient (Wildman–Crippen LogP) is 2.41. The lowest BCUT2D eigenvalue weighted by molar-refractivity contribution is 0.00578. The predicted molar refractivity (Wildman–Crippen MR) is 109 cm³/mol. The van der Waals surface area contributed by atoms with Crippen molar-refractivity contribution in [1.82, 2.24) is 9.55 Å². The zero-order valence-corrected chi connectivity index (χ0v) is 17.5. The molecule has 0 radical (unpaired) electrons. The van der Waals surface area contributed by atoms with E-state index in [2.05, 4.69) is 57.2 Å². The van der Waals surface area contributed by atoms with Gasteiger partial charge in [-0.3, -0.25) is 0 Å². The third-order valence-electron chi connectivity index (χ3n) is 6.34. The molecule has 0 amide bonds. The van der Waals surface area contributed by atoms with E-state index in [-0.39, 0.29) is 17.3 Å². The first-order valence-electron chi connectivity index (χ1n) is 9.77. The molecule has 0 saturated carbocycles. The molecule has 7 heteroatoms. The Morgan fingerprint density at radius 3 is 2.48 bits per heavy atom. The lowest BCUT2D eigenvalue weighted by atomic mass is 9.78. The van der Waals surface area contributed by atoms with Gasteiger partial charge >= 0.3 is 7.12 Å². The average molecular weight is 371 g/mol. The molecule has 2 aliphatic rings. The Bertz CT molecular complexity index is 861. The molecule has 2 aromatic rings. The molecular formula is C20H30BN3O3. The van der Waals surface area contributed by atoms with E-state index in [0.717, 1.165) is 36.2 Å². The van der Waals surface area contributed by atoms with Gasteiger partial charge in [0.2, 0.25) is 0 Å². The Balaban J connectivity index is 1.80. The number of fused-ring (bicyclic) bond motifs is 1. The van der Waals surface area contributed by atoms with Crippen LogP contribution in [-0.4, -0.2) is 53.7 Å². The molecule has 0 spiro atoms. The number of aromatic nitrogens is 2. The first-order chi connectivity index (χ1) is 12.6. The summed E-state index contributed by atoms with van der Waals surface area (Å²) in [5.41, 5.74) is 3.68. The zero-order valence-electron chi connectivity index (χ0n) is 17.5. The summed E-state index contributed by atoms with van der Waals surface area (Å²) in [7, 11) is 1.64. The van der Waals surface area contributed by atoms with Gasteiger partial charge in [0.25, 0.3) is 0 Å². The second-order valence-electron chi connectivity index (χ2n) is 8.88. The number of morpholine rings is 1. The van der Waals surface area contributed by atoms with Crippen molar-refractivity contribution in [3.05, 3.63) is 18.0 Å². The summed E-state index contributed by atoms with van der Waals surface area (Å²) in [6.45, 7) is 15.2. The number of pyridine rings is 1. The largest absolute Gasteiger partial charge is 0.497 e. The third kappa shape index (κ3) is 2.96. The summed E-state index contributed by atoms with van der Waals surface area (Å²) in [6.07, 6.45) is 4.31. The van der Waals surface area contributed by atoms with Crippen LogP contribution in [0.1, 0.15) is 40.2 Å². The molecular weight excluding hydrogens is 341 g/mol. The second-order valence-corrected chi connectivity index (χ2v) is 8.88. The van der Waals surface area contributed by atoms with E-state index in [4.69, 9.17) is 19.0 Å². The van der Waals surface area contributed by atoms with Crippen molar-refractivity contribution in [3.63, 3.8) is 0 Å². The fourth-order valence-corrected chi connectivity index (χ4v) is 4.03. The van der Waals surface area contributed by atoms with Crippen LogP contribution >= 0.6 is 0 Å². The maximum Gasteiger partial charge on any atom is 0.497 e. The Kier molecular flexibility index (Phi) is 4.33. The minimum Gasteiger partial charge on any atom is -0.399 e. The Morgan fingerprint density at radius 2 is 1.85 bits per heavy atom. The molecule has 27 heavy (non-hydrogen) atoms. The highest BCUT2D eigenvalue weighted by Crippen LogP contribution is 2.38. The lowest BCUT2D eigenvalue weighted by Crippen LogP contribution is -2.41. The molecule has 0 aromatic carbocycles. The van der Waals surface area contributed by atoms with E-state index in [9.17, 15) is 0 Å². The van der Waals surface area contributed by atoms with Crippen LogP contribution in [0.4, 0.5) is 5.69 Å². The van der Waals surface area contributed by atoms with Crippen molar-refractivity contribution in [2.45, 2.75) is 58.8 Å². The fourth-order valence-electron chi connectivity index (χ4n) is 4.03. The normalized spacial score (nSPS) is 24.8. The van der Waals surface area contributed by atoms with Gasteiger partial charge in [-0.05, 0) is 47.1 Å². The summed E-state index contributed by atoms with van der Waals surface area (Å²) in [4.78, 5) is 7.15. The summed E-state index contributed by atoms with van der Waals surface area (Å²) in [5, 5.41) is 1.13. The van der Waals surface area contributed by atoms with Gasteiger partial charge in [-0.1, -0.05) is 0 Å². The van der Waals surface area contributed by atoms with E-state index in [1.807, 2.05) is 13.2 Å². The van der Waals surface area contributed by atoms with Crippen LogP contribution in [0.15, 0.2) is 12.4 Å². The van der Waals surface area contributed by atoms with Gasteiger partial charge in [-0.25, -0.2) is 4.98 Å². The summed E-state index contributed by atoms with van der Waals surface area (Å²) in [5.74, 6) is 0. The quantitative estimate of drug-likeness (QED) is 0.759. The molecule has 0 bridgehead atoms. The summed E-state index contributed by atoms with van der Waals surface area (Å²) < 4.78 is 20.4. The molecule has 1 atom stereocenters. The van der Waals surface area contributed by atoms with E-state index < -0.39 is 7.12 Å². The molecule has 2 saturated heterocycles.